The predicted octanol–water partition coefficient (Wildman–Crippen LogP) is 4.21. The topological polar surface area (TPSA) is 66.9 Å². The number of hydrogen-bond acceptors (Lipinski definition) is 4. The highest BCUT2D eigenvalue weighted by atomic mass is 32.2. The van der Waals surface area contributed by atoms with Gasteiger partial charge < -0.3 is 9.64 Å². The molecular formula is C26H34N2O4S. The molecule has 0 N–H and O–H groups in total. The third kappa shape index (κ3) is 5.09. The second-order valence-electron chi connectivity index (χ2n) is 9.45. The molecule has 0 atom stereocenters. The summed E-state index contributed by atoms with van der Waals surface area (Å²) < 4.78 is 33.6. The Morgan fingerprint density at radius 2 is 1.58 bits per heavy atom. The number of ether oxygens (including phenoxy) is 1. The number of nitrogens with zero attached hydrogens (tertiary/aromatic N) is 2. The van der Waals surface area contributed by atoms with Crippen molar-refractivity contribution in [2.24, 2.45) is 5.92 Å². The van der Waals surface area contributed by atoms with Crippen molar-refractivity contribution in [3.05, 3.63) is 58.7 Å². The van der Waals surface area contributed by atoms with E-state index in [4.69, 9.17) is 4.74 Å². The quantitative estimate of drug-likeness (QED) is 0.608. The molecule has 2 aliphatic rings. The summed E-state index contributed by atoms with van der Waals surface area (Å²) in [6, 6.07) is 12.0. The first-order chi connectivity index (χ1) is 15.7. The number of sulfonamides is 1. The summed E-state index contributed by atoms with van der Waals surface area (Å²) in [7, 11) is -1.93. The molecule has 0 unspecified atom stereocenters. The van der Waals surface area contributed by atoms with Crippen LogP contribution in [0.25, 0.3) is 0 Å². The van der Waals surface area contributed by atoms with Crippen LogP contribution in [0, 0.1) is 26.7 Å². The molecule has 1 saturated carbocycles. The Labute approximate surface area is 197 Å². The van der Waals surface area contributed by atoms with E-state index >= 15 is 0 Å². The zero-order valence-corrected chi connectivity index (χ0v) is 20.8. The maximum Gasteiger partial charge on any atom is 0.243 e. The van der Waals surface area contributed by atoms with Crippen LogP contribution in [-0.4, -0.2) is 49.8 Å². The Kier molecular flexibility index (Phi) is 6.82. The molecule has 1 heterocycles. The van der Waals surface area contributed by atoms with E-state index in [1.54, 1.807) is 11.4 Å². The van der Waals surface area contributed by atoms with Gasteiger partial charge in [0.1, 0.15) is 5.75 Å². The molecule has 178 valence electrons. The van der Waals surface area contributed by atoms with Crippen molar-refractivity contribution in [3.8, 4) is 5.75 Å². The normalized spacial score (nSPS) is 17.7. The minimum absolute atomic E-state index is 0.129. The highest BCUT2D eigenvalue weighted by Crippen LogP contribution is 2.34. The van der Waals surface area contributed by atoms with Gasteiger partial charge >= 0.3 is 0 Å². The van der Waals surface area contributed by atoms with Crippen molar-refractivity contribution in [1.82, 2.24) is 9.21 Å². The van der Waals surface area contributed by atoms with E-state index in [2.05, 4.69) is 0 Å². The Balaban J connectivity index is 1.43. The summed E-state index contributed by atoms with van der Waals surface area (Å²) in [4.78, 5) is 15.8. The summed E-state index contributed by atoms with van der Waals surface area (Å²) in [5, 5.41) is 0. The molecule has 2 aromatic carbocycles. The molecule has 4 rings (SSSR count). The molecular weight excluding hydrogens is 436 g/mol. The average Bonchev–Trinajstić information content (AvgIpc) is 3.62. The maximum absolute atomic E-state index is 13.4. The number of benzene rings is 2. The first kappa shape index (κ1) is 23.8. The molecule has 2 aromatic rings. The van der Waals surface area contributed by atoms with Crippen molar-refractivity contribution >= 4 is 15.9 Å². The number of methoxy groups -OCH3 is 1. The summed E-state index contributed by atoms with van der Waals surface area (Å²) in [5.41, 5.74) is 3.71. The van der Waals surface area contributed by atoms with Crippen LogP contribution in [-0.2, 0) is 21.4 Å². The fourth-order valence-corrected chi connectivity index (χ4v) is 6.86. The smallest absolute Gasteiger partial charge is 0.243 e. The Morgan fingerprint density at radius 3 is 2.09 bits per heavy atom. The molecule has 1 aliphatic carbocycles. The minimum Gasteiger partial charge on any atom is -0.497 e. The number of rotatable bonds is 7. The van der Waals surface area contributed by atoms with Gasteiger partial charge in [0.15, 0.2) is 0 Å². The molecule has 0 spiro atoms. The fraction of sp³-hybridized carbons (Fsp3) is 0.500. The molecule has 1 aliphatic heterocycles. The number of hydrogen-bond donors (Lipinski definition) is 0. The van der Waals surface area contributed by atoms with Crippen LogP contribution in [0.15, 0.2) is 41.3 Å². The monoisotopic (exact) mass is 470 g/mol. The predicted molar refractivity (Wildman–Crippen MR) is 129 cm³/mol. The van der Waals surface area contributed by atoms with Crippen LogP contribution in [0.1, 0.15) is 47.9 Å². The van der Waals surface area contributed by atoms with Gasteiger partial charge in [0.05, 0.1) is 12.0 Å². The van der Waals surface area contributed by atoms with Crippen molar-refractivity contribution in [2.75, 3.05) is 20.2 Å². The van der Waals surface area contributed by atoms with Gasteiger partial charge in [0.2, 0.25) is 15.9 Å². The Morgan fingerprint density at radius 1 is 1.00 bits per heavy atom. The van der Waals surface area contributed by atoms with Crippen molar-refractivity contribution in [2.45, 2.75) is 63.9 Å². The van der Waals surface area contributed by atoms with E-state index in [9.17, 15) is 13.2 Å². The van der Waals surface area contributed by atoms with Gasteiger partial charge in [0, 0.05) is 31.6 Å². The van der Waals surface area contributed by atoms with Gasteiger partial charge in [-0.15, -0.1) is 0 Å². The van der Waals surface area contributed by atoms with Crippen LogP contribution in [0.2, 0.25) is 0 Å². The number of carbonyl (C=O) groups is 1. The van der Waals surface area contributed by atoms with Crippen molar-refractivity contribution in [1.29, 1.82) is 0 Å². The lowest BCUT2D eigenvalue weighted by atomic mass is 9.96. The molecule has 6 nitrogen and oxygen atoms in total. The van der Waals surface area contributed by atoms with E-state index in [-0.39, 0.29) is 11.8 Å². The standard InChI is InChI=1S/C26H34N2O4S/c1-18-15-19(2)25(20(3)16-18)33(30,31)27-13-11-22(12-14-27)26(29)28(23-7-8-23)17-21-5-9-24(32-4)10-6-21/h5-6,9-10,15-16,22-23H,7-8,11-14,17H2,1-4H3. The van der Waals surface area contributed by atoms with Gasteiger partial charge in [-0.05, 0) is 75.3 Å². The van der Waals surface area contributed by atoms with Crippen molar-refractivity contribution < 1.29 is 17.9 Å². The second kappa shape index (κ2) is 9.47. The highest BCUT2D eigenvalue weighted by molar-refractivity contribution is 7.89. The van der Waals surface area contributed by atoms with Gasteiger partial charge in [-0.2, -0.15) is 4.31 Å². The minimum atomic E-state index is -3.57. The van der Waals surface area contributed by atoms with Crippen LogP contribution >= 0.6 is 0 Å². The lowest BCUT2D eigenvalue weighted by Crippen LogP contribution is -2.45. The molecule has 33 heavy (non-hydrogen) atoms. The molecule has 1 amide bonds. The van der Waals surface area contributed by atoms with Crippen LogP contribution in [0.3, 0.4) is 0 Å². The number of aryl methyl sites for hydroxylation is 3. The van der Waals surface area contributed by atoms with Crippen LogP contribution < -0.4 is 4.74 Å². The maximum atomic E-state index is 13.4. The van der Waals surface area contributed by atoms with E-state index in [1.807, 2.05) is 62.1 Å². The molecule has 0 radical (unpaired) electrons. The van der Waals surface area contributed by atoms with E-state index in [0.29, 0.717) is 43.4 Å². The first-order valence-corrected chi connectivity index (χ1v) is 13.2. The fourth-order valence-electron chi connectivity index (χ4n) is 4.98. The lowest BCUT2D eigenvalue weighted by Gasteiger charge is -2.34. The largest absolute Gasteiger partial charge is 0.497 e. The van der Waals surface area contributed by atoms with E-state index < -0.39 is 10.0 Å². The first-order valence-electron chi connectivity index (χ1n) is 11.7. The Bertz CT molecular complexity index is 1090. The summed E-state index contributed by atoms with van der Waals surface area (Å²) in [5.74, 6) is 0.833. The van der Waals surface area contributed by atoms with Gasteiger partial charge in [-0.25, -0.2) is 8.42 Å². The number of amides is 1. The number of piperidine rings is 1. The van der Waals surface area contributed by atoms with E-state index in [1.165, 1.54) is 0 Å². The summed E-state index contributed by atoms with van der Waals surface area (Å²) in [6.45, 7) is 7.05. The lowest BCUT2D eigenvalue weighted by molar-refractivity contribution is -0.138. The van der Waals surface area contributed by atoms with Crippen LogP contribution in [0.5, 0.6) is 5.75 Å². The third-order valence-electron chi connectivity index (χ3n) is 6.79. The van der Waals surface area contributed by atoms with E-state index in [0.717, 1.165) is 40.8 Å². The summed E-state index contributed by atoms with van der Waals surface area (Å²) in [6.07, 6.45) is 3.21. The average molecular weight is 471 g/mol. The van der Waals surface area contributed by atoms with Crippen molar-refractivity contribution in [3.63, 3.8) is 0 Å². The molecule has 7 heteroatoms. The van der Waals surface area contributed by atoms with Gasteiger partial charge in [-0.1, -0.05) is 29.8 Å². The SMILES string of the molecule is COc1ccc(CN(C(=O)C2CCN(S(=O)(=O)c3c(C)cc(C)cc3C)CC2)C2CC2)cc1. The zero-order valence-electron chi connectivity index (χ0n) is 20.0. The highest BCUT2D eigenvalue weighted by Gasteiger charge is 2.39. The van der Waals surface area contributed by atoms with Gasteiger partial charge in [-0.3, -0.25) is 4.79 Å². The molecule has 0 aromatic heterocycles. The Hall–Kier alpha value is -2.38. The summed E-state index contributed by atoms with van der Waals surface area (Å²) >= 11 is 0. The second-order valence-corrected chi connectivity index (χ2v) is 11.3. The molecule has 1 saturated heterocycles. The third-order valence-corrected chi connectivity index (χ3v) is 8.99. The number of carbonyl (C=O) groups excluding carboxylic acids is 1. The molecule has 2 fully saturated rings. The van der Waals surface area contributed by atoms with Crippen LogP contribution in [0.4, 0.5) is 0 Å². The molecule has 0 bridgehead atoms. The van der Waals surface area contributed by atoms with Gasteiger partial charge in [0.25, 0.3) is 0 Å². The zero-order chi connectivity index (χ0) is 23.8.